The highest BCUT2D eigenvalue weighted by Crippen LogP contribution is 2.52. The molecule has 3 rings (SSSR count). The molecule has 0 amide bonds. The lowest BCUT2D eigenvalue weighted by molar-refractivity contribution is -0.180. The Morgan fingerprint density at radius 1 is 1.35 bits per heavy atom. The number of alkyl halides is 3. The Labute approximate surface area is 123 Å². The van der Waals surface area contributed by atoms with Crippen LogP contribution < -0.4 is 0 Å². The van der Waals surface area contributed by atoms with Crippen LogP contribution in [0.2, 0.25) is 4.34 Å². The second kappa shape index (κ2) is 4.96. The highest BCUT2D eigenvalue weighted by Gasteiger charge is 2.67. The van der Waals surface area contributed by atoms with Crippen molar-refractivity contribution in [1.29, 1.82) is 0 Å². The highest BCUT2D eigenvalue weighted by molar-refractivity contribution is 7.14. The van der Waals surface area contributed by atoms with Crippen LogP contribution in [0.25, 0.3) is 0 Å². The third-order valence-corrected chi connectivity index (χ3v) is 5.23. The van der Waals surface area contributed by atoms with Gasteiger partial charge in [-0.3, -0.25) is 4.90 Å². The first kappa shape index (κ1) is 14.3. The third-order valence-electron chi connectivity index (χ3n) is 3.98. The number of piperidine rings is 1. The van der Waals surface area contributed by atoms with Crippen LogP contribution in [0.1, 0.15) is 18.4 Å². The van der Waals surface area contributed by atoms with Gasteiger partial charge in [0, 0.05) is 12.5 Å². The van der Waals surface area contributed by atoms with E-state index >= 15 is 0 Å². The summed E-state index contributed by atoms with van der Waals surface area (Å²) in [4.78, 5) is 2.14. The van der Waals surface area contributed by atoms with E-state index in [2.05, 4.69) is 15.1 Å². The molecule has 20 heavy (non-hydrogen) atoms. The van der Waals surface area contributed by atoms with E-state index in [1.165, 1.54) is 11.3 Å². The predicted octanol–water partition coefficient (Wildman–Crippen LogP) is 4.34. The highest BCUT2D eigenvalue weighted by atomic mass is 35.5. The molecule has 3 heterocycles. The maximum atomic E-state index is 12.9. The molecule has 8 heteroatoms. The Kier molecular flexibility index (Phi) is 3.54. The fourth-order valence-corrected chi connectivity index (χ4v) is 3.64. The molecule has 0 aliphatic carbocycles. The van der Waals surface area contributed by atoms with Crippen molar-refractivity contribution in [2.45, 2.75) is 31.2 Å². The summed E-state index contributed by atoms with van der Waals surface area (Å²) in [6.45, 7) is 1.95. The van der Waals surface area contributed by atoms with Gasteiger partial charge < -0.3 is 0 Å². The van der Waals surface area contributed by atoms with Crippen molar-refractivity contribution in [3.63, 3.8) is 0 Å². The zero-order valence-corrected chi connectivity index (χ0v) is 12.1. The minimum atomic E-state index is -4.35. The predicted molar refractivity (Wildman–Crippen MR) is 71.0 cm³/mol. The number of thiophene rings is 1. The SMILES string of the molecule is FC(F)(F)C1(C2CCN(Cc3ccsc3Cl)CC2)N=N1. The van der Waals surface area contributed by atoms with Gasteiger partial charge in [0.2, 0.25) is 0 Å². The molecule has 0 atom stereocenters. The summed E-state index contributed by atoms with van der Waals surface area (Å²) >= 11 is 7.51. The Bertz CT molecular complexity index is 514. The molecule has 1 fully saturated rings. The van der Waals surface area contributed by atoms with Crippen LogP contribution in [0.5, 0.6) is 0 Å². The van der Waals surface area contributed by atoms with Gasteiger partial charge in [-0.15, -0.1) is 21.6 Å². The number of halogens is 4. The van der Waals surface area contributed by atoms with Crippen molar-refractivity contribution >= 4 is 22.9 Å². The first-order chi connectivity index (χ1) is 9.42. The molecule has 0 saturated carbocycles. The minimum Gasteiger partial charge on any atom is -0.299 e. The average molecular weight is 324 g/mol. The van der Waals surface area contributed by atoms with Gasteiger partial charge in [0.15, 0.2) is 0 Å². The van der Waals surface area contributed by atoms with Crippen LogP contribution in [0.3, 0.4) is 0 Å². The van der Waals surface area contributed by atoms with Gasteiger partial charge in [0.25, 0.3) is 5.66 Å². The second-order valence-corrected chi connectivity index (χ2v) is 6.71. The summed E-state index contributed by atoms with van der Waals surface area (Å²) in [6, 6.07) is 1.96. The van der Waals surface area contributed by atoms with Crippen LogP contribution in [-0.2, 0) is 6.54 Å². The summed E-state index contributed by atoms with van der Waals surface area (Å²) < 4.78 is 39.5. The molecule has 0 spiro atoms. The van der Waals surface area contributed by atoms with E-state index in [0.29, 0.717) is 32.5 Å². The molecular weight excluding hydrogens is 311 g/mol. The molecule has 1 aromatic rings. The summed E-state index contributed by atoms with van der Waals surface area (Å²) in [5.41, 5.74) is -1.06. The van der Waals surface area contributed by atoms with Gasteiger partial charge in [0.05, 0.1) is 4.34 Å². The smallest absolute Gasteiger partial charge is 0.299 e. The van der Waals surface area contributed by atoms with Gasteiger partial charge in [-0.1, -0.05) is 11.6 Å². The van der Waals surface area contributed by atoms with Crippen molar-refractivity contribution in [2.24, 2.45) is 16.1 Å². The van der Waals surface area contributed by atoms with Gasteiger partial charge in [0.1, 0.15) is 0 Å². The lowest BCUT2D eigenvalue weighted by Gasteiger charge is -2.34. The fourth-order valence-electron chi connectivity index (χ4n) is 2.73. The summed E-state index contributed by atoms with van der Waals surface area (Å²) in [7, 11) is 0. The molecule has 3 nitrogen and oxygen atoms in total. The minimum absolute atomic E-state index is 0.467. The summed E-state index contributed by atoms with van der Waals surface area (Å²) in [6.07, 6.45) is -3.42. The fraction of sp³-hybridized carbons (Fsp3) is 0.667. The van der Waals surface area contributed by atoms with Gasteiger partial charge in [-0.05, 0) is 42.9 Å². The number of rotatable bonds is 3. The second-order valence-electron chi connectivity index (χ2n) is 5.19. The number of nitrogens with zero attached hydrogens (tertiary/aromatic N) is 3. The van der Waals surface area contributed by atoms with E-state index in [9.17, 15) is 13.2 Å². The normalized spacial score (nSPS) is 23.2. The van der Waals surface area contributed by atoms with E-state index in [-0.39, 0.29) is 0 Å². The van der Waals surface area contributed by atoms with Crippen molar-refractivity contribution in [3.8, 4) is 0 Å². The van der Waals surface area contributed by atoms with Crippen molar-refractivity contribution in [2.75, 3.05) is 13.1 Å². The van der Waals surface area contributed by atoms with Gasteiger partial charge in [-0.2, -0.15) is 13.2 Å². The molecule has 110 valence electrons. The number of hydrogen-bond acceptors (Lipinski definition) is 4. The average Bonchev–Trinajstić information content (AvgIpc) is 3.12. The Morgan fingerprint density at radius 2 is 2.00 bits per heavy atom. The van der Waals surface area contributed by atoms with E-state index in [1.54, 1.807) is 0 Å². The Hall–Kier alpha value is -0.660. The molecule has 0 bridgehead atoms. The molecule has 2 aliphatic heterocycles. The zero-order valence-electron chi connectivity index (χ0n) is 10.5. The lowest BCUT2D eigenvalue weighted by atomic mass is 9.86. The van der Waals surface area contributed by atoms with Crippen LogP contribution in [0.15, 0.2) is 21.7 Å². The first-order valence-electron chi connectivity index (χ1n) is 6.37. The summed E-state index contributed by atoms with van der Waals surface area (Å²) in [5.74, 6) is -0.517. The Balaban J connectivity index is 1.57. The van der Waals surface area contributed by atoms with Gasteiger partial charge >= 0.3 is 6.18 Å². The summed E-state index contributed by atoms with van der Waals surface area (Å²) in [5, 5.41) is 8.53. The van der Waals surface area contributed by atoms with Crippen LogP contribution in [0.4, 0.5) is 13.2 Å². The maximum Gasteiger partial charge on any atom is 0.437 e. The maximum absolute atomic E-state index is 12.9. The van der Waals surface area contributed by atoms with E-state index in [0.717, 1.165) is 9.90 Å². The molecule has 1 aromatic heterocycles. The van der Waals surface area contributed by atoms with E-state index in [1.807, 2.05) is 11.4 Å². The van der Waals surface area contributed by atoms with Crippen LogP contribution >= 0.6 is 22.9 Å². The van der Waals surface area contributed by atoms with Crippen molar-refractivity contribution in [3.05, 3.63) is 21.3 Å². The molecule has 2 aliphatic rings. The monoisotopic (exact) mass is 323 g/mol. The number of likely N-dealkylation sites (tertiary alicyclic amines) is 1. The van der Waals surface area contributed by atoms with Gasteiger partial charge in [-0.25, -0.2) is 0 Å². The molecule has 1 saturated heterocycles. The first-order valence-corrected chi connectivity index (χ1v) is 7.63. The van der Waals surface area contributed by atoms with E-state index < -0.39 is 17.8 Å². The largest absolute Gasteiger partial charge is 0.437 e. The third kappa shape index (κ3) is 2.46. The molecule has 0 aromatic carbocycles. The molecular formula is C12H13ClF3N3S. The van der Waals surface area contributed by atoms with E-state index in [4.69, 9.17) is 11.6 Å². The van der Waals surface area contributed by atoms with Crippen LogP contribution in [0, 0.1) is 5.92 Å². The number of hydrogen-bond donors (Lipinski definition) is 0. The van der Waals surface area contributed by atoms with Crippen LogP contribution in [-0.4, -0.2) is 29.8 Å². The molecule has 0 N–H and O–H groups in total. The topological polar surface area (TPSA) is 28.0 Å². The standard InChI is InChI=1S/C12H13ClF3N3S/c13-10-8(3-6-20-10)7-19-4-1-9(2-5-19)11(17-18-11)12(14,15)16/h3,6,9H,1-2,4-5,7H2. The van der Waals surface area contributed by atoms with Crippen molar-refractivity contribution in [1.82, 2.24) is 4.90 Å². The molecule has 0 radical (unpaired) electrons. The van der Waals surface area contributed by atoms with Crippen molar-refractivity contribution < 1.29 is 13.2 Å². The molecule has 0 unspecified atom stereocenters. The zero-order chi connectivity index (χ0) is 14.4. The quantitative estimate of drug-likeness (QED) is 0.813. The Morgan fingerprint density at radius 3 is 2.45 bits per heavy atom. The lowest BCUT2D eigenvalue weighted by Crippen LogP contribution is -2.45.